The van der Waals surface area contributed by atoms with E-state index in [4.69, 9.17) is 0 Å². The minimum atomic E-state index is -0.353. The molecule has 0 aliphatic rings. The second kappa shape index (κ2) is 7.26. The quantitative estimate of drug-likeness (QED) is 0.419. The maximum Gasteiger partial charge on any atom is 0.315 e. The monoisotopic (exact) mass is 397 g/mol. The summed E-state index contributed by atoms with van der Waals surface area (Å²) in [4.78, 5) is 11.0. The summed E-state index contributed by atoms with van der Waals surface area (Å²) >= 11 is 2.21. The fourth-order valence-electron chi connectivity index (χ4n) is 1.97. The topological polar surface area (TPSA) is 67.2 Å². The van der Waals surface area contributed by atoms with Crippen molar-refractivity contribution in [1.29, 1.82) is 0 Å². The van der Waals surface area contributed by atoms with Gasteiger partial charge >= 0.3 is 5.69 Å². The maximum absolute atomic E-state index is 11.4. The highest BCUT2D eigenvalue weighted by atomic mass is 127. The van der Waals surface area contributed by atoms with E-state index in [9.17, 15) is 10.1 Å². The van der Waals surface area contributed by atoms with E-state index in [1.165, 1.54) is 0 Å². The van der Waals surface area contributed by atoms with Gasteiger partial charge in [-0.05, 0) is 59.3 Å². The van der Waals surface area contributed by atoms with Crippen LogP contribution in [0, 0.1) is 13.7 Å². The predicted octanol–water partition coefficient (Wildman–Crippen LogP) is 4.76. The summed E-state index contributed by atoms with van der Waals surface area (Å²) in [6.07, 6.45) is 0.908. The molecule has 0 heterocycles. The summed E-state index contributed by atoms with van der Waals surface area (Å²) in [7, 11) is 0. The van der Waals surface area contributed by atoms with Crippen molar-refractivity contribution in [2.24, 2.45) is 0 Å². The fraction of sp³-hybridized carbons (Fsp3) is 0.200. The van der Waals surface area contributed by atoms with Gasteiger partial charge in [-0.15, -0.1) is 0 Å². The van der Waals surface area contributed by atoms with Gasteiger partial charge in [-0.25, -0.2) is 0 Å². The van der Waals surface area contributed by atoms with E-state index >= 15 is 0 Å². The number of nitro benzene ring substituents is 1. The largest absolute Gasteiger partial charge is 0.379 e. The Morgan fingerprint density at radius 3 is 2.57 bits per heavy atom. The Morgan fingerprint density at radius 1 is 1.19 bits per heavy atom. The van der Waals surface area contributed by atoms with E-state index in [0.717, 1.165) is 15.7 Å². The van der Waals surface area contributed by atoms with Crippen molar-refractivity contribution < 1.29 is 4.92 Å². The van der Waals surface area contributed by atoms with E-state index in [1.54, 1.807) is 18.2 Å². The van der Waals surface area contributed by atoms with Crippen LogP contribution in [0.1, 0.15) is 13.3 Å². The van der Waals surface area contributed by atoms with Crippen LogP contribution in [0.25, 0.3) is 0 Å². The second-order valence-corrected chi connectivity index (χ2v) is 5.77. The SMILES string of the molecule is CCCNc1cccc(Nc2cccc(I)c2)c1[N+](=O)[O-]. The number of nitro groups is 1. The lowest BCUT2D eigenvalue weighted by molar-refractivity contribution is -0.383. The van der Waals surface area contributed by atoms with Crippen LogP contribution in [0.2, 0.25) is 0 Å². The molecule has 0 amide bonds. The summed E-state index contributed by atoms with van der Waals surface area (Å²) in [6, 6.07) is 13.0. The van der Waals surface area contributed by atoms with Crippen molar-refractivity contribution in [3.05, 3.63) is 56.1 Å². The number of nitrogens with one attached hydrogen (secondary N) is 2. The van der Waals surface area contributed by atoms with E-state index in [-0.39, 0.29) is 10.6 Å². The van der Waals surface area contributed by atoms with Crippen molar-refractivity contribution in [1.82, 2.24) is 0 Å². The Balaban J connectivity index is 2.36. The van der Waals surface area contributed by atoms with Gasteiger partial charge < -0.3 is 10.6 Å². The molecule has 0 unspecified atom stereocenters. The first-order valence-corrected chi connectivity index (χ1v) is 7.73. The number of rotatable bonds is 6. The zero-order chi connectivity index (χ0) is 15.2. The predicted molar refractivity (Wildman–Crippen MR) is 94.3 cm³/mol. The molecular weight excluding hydrogens is 381 g/mol. The van der Waals surface area contributed by atoms with Crippen LogP contribution in [0.15, 0.2) is 42.5 Å². The van der Waals surface area contributed by atoms with Crippen LogP contribution in [0.5, 0.6) is 0 Å². The Bertz CT molecular complexity index is 647. The standard InChI is InChI=1S/C15H16IN3O2/c1-2-9-17-13-7-4-8-14(15(13)19(20)21)18-12-6-3-5-11(16)10-12/h3-8,10,17-18H,2,9H2,1H3. The molecule has 0 spiro atoms. The molecule has 5 nitrogen and oxygen atoms in total. The molecule has 0 aliphatic carbocycles. The number of hydrogen-bond donors (Lipinski definition) is 2. The van der Waals surface area contributed by atoms with Gasteiger partial charge in [0.2, 0.25) is 0 Å². The molecule has 2 N–H and O–H groups in total. The van der Waals surface area contributed by atoms with Crippen LogP contribution in [-0.2, 0) is 0 Å². The van der Waals surface area contributed by atoms with Crippen molar-refractivity contribution in [3.8, 4) is 0 Å². The zero-order valence-electron chi connectivity index (χ0n) is 11.6. The van der Waals surface area contributed by atoms with Crippen LogP contribution >= 0.6 is 22.6 Å². The highest BCUT2D eigenvalue weighted by molar-refractivity contribution is 14.1. The molecular formula is C15H16IN3O2. The average molecular weight is 397 g/mol. The van der Waals surface area contributed by atoms with Crippen molar-refractivity contribution >= 4 is 45.3 Å². The molecule has 0 atom stereocenters. The molecule has 0 aromatic heterocycles. The number of nitrogens with zero attached hydrogens (tertiary/aromatic N) is 1. The highest BCUT2D eigenvalue weighted by Crippen LogP contribution is 2.34. The Hall–Kier alpha value is -1.83. The minimum absolute atomic E-state index is 0.0739. The Labute approximate surface area is 137 Å². The van der Waals surface area contributed by atoms with Crippen LogP contribution in [0.4, 0.5) is 22.7 Å². The lowest BCUT2D eigenvalue weighted by Gasteiger charge is -2.11. The normalized spacial score (nSPS) is 10.2. The van der Waals surface area contributed by atoms with Gasteiger partial charge in [0, 0.05) is 15.8 Å². The third-order valence-electron chi connectivity index (χ3n) is 2.89. The number of hydrogen-bond acceptors (Lipinski definition) is 4. The average Bonchev–Trinajstić information content (AvgIpc) is 2.45. The summed E-state index contributed by atoms with van der Waals surface area (Å²) in [5.74, 6) is 0. The number of benzene rings is 2. The van der Waals surface area contributed by atoms with Crippen molar-refractivity contribution in [2.75, 3.05) is 17.2 Å². The molecule has 0 bridgehead atoms. The molecule has 0 radical (unpaired) electrons. The first-order chi connectivity index (χ1) is 10.1. The molecule has 2 rings (SSSR count). The third-order valence-corrected chi connectivity index (χ3v) is 3.56. The van der Waals surface area contributed by atoms with Gasteiger partial charge in [0.15, 0.2) is 0 Å². The van der Waals surface area contributed by atoms with Gasteiger partial charge in [-0.3, -0.25) is 10.1 Å². The van der Waals surface area contributed by atoms with Gasteiger partial charge in [0.25, 0.3) is 0 Å². The third kappa shape index (κ3) is 4.07. The molecule has 6 heteroatoms. The summed E-state index contributed by atoms with van der Waals surface area (Å²) < 4.78 is 1.07. The van der Waals surface area contributed by atoms with Gasteiger partial charge in [-0.1, -0.05) is 19.1 Å². The molecule has 0 saturated carbocycles. The molecule has 110 valence electrons. The first-order valence-electron chi connectivity index (χ1n) is 6.65. The summed E-state index contributed by atoms with van der Waals surface area (Å²) in [5.41, 5.74) is 1.93. The number of anilines is 3. The molecule has 0 aliphatic heterocycles. The van der Waals surface area contributed by atoms with Crippen molar-refractivity contribution in [2.45, 2.75) is 13.3 Å². The molecule has 21 heavy (non-hydrogen) atoms. The van der Waals surface area contributed by atoms with Gasteiger partial charge in [0.1, 0.15) is 11.4 Å². The summed E-state index contributed by atoms with van der Waals surface area (Å²) in [6.45, 7) is 2.72. The lowest BCUT2D eigenvalue weighted by Crippen LogP contribution is -2.05. The highest BCUT2D eigenvalue weighted by Gasteiger charge is 2.19. The van der Waals surface area contributed by atoms with E-state index in [2.05, 4.69) is 33.2 Å². The zero-order valence-corrected chi connectivity index (χ0v) is 13.8. The van der Waals surface area contributed by atoms with Crippen molar-refractivity contribution in [3.63, 3.8) is 0 Å². The van der Waals surface area contributed by atoms with Gasteiger partial charge in [-0.2, -0.15) is 0 Å². The van der Waals surface area contributed by atoms with E-state index in [1.807, 2.05) is 31.2 Å². The van der Waals surface area contributed by atoms with E-state index in [0.29, 0.717) is 17.9 Å². The van der Waals surface area contributed by atoms with Crippen LogP contribution < -0.4 is 10.6 Å². The first kappa shape index (κ1) is 15.6. The molecule has 0 saturated heterocycles. The Kier molecular flexibility index (Phi) is 5.38. The molecule has 2 aromatic carbocycles. The fourth-order valence-corrected chi connectivity index (χ4v) is 2.51. The second-order valence-electron chi connectivity index (χ2n) is 4.52. The maximum atomic E-state index is 11.4. The smallest absolute Gasteiger partial charge is 0.315 e. The molecule has 0 fully saturated rings. The molecule has 2 aromatic rings. The van der Waals surface area contributed by atoms with E-state index < -0.39 is 0 Å². The number of halogens is 1. The Morgan fingerprint density at radius 2 is 1.90 bits per heavy atom. The van der Waals surface area contributed by atoms with Crippen LogP contribution in [0.3, 0.4) is 0 Å². The number of para-hydroxylation sites is 1. The van der Waals surface area contributed by atoms with Gasteiger partial charge in [0.05, 0.1) is 4.92 Å². The minimum Gasteiger partial charge on any atom is -0.379 e. The summed E-state index contributed by atoms with van der Waals surface area (Å²) in [5, 5.41) is 17.6. The van der Waals surface area contributed by atoms with Crippen LogP contribution in [-0.4, -0.2) is 11.5 Å². The lowest BCUT2D eigenvalue weighted by atomic mass is 10.2.